The summed E-state index contributed by atoms with van der Waals surface area (Å²) < 4.78 is 12.9. The molecule has 0 bridgehead atoms. The monoisotopic (exact) mass is 484 g/mol. The van der Waals surface area contributed by atoms with Crippen molar-refractivity contribution in [3.05, 3.63) is 92.5 Å². The Morgan fingerprint density at radius 3 is 2.58 bits per heavy atom. The van der Waals surface area contributed by atoms with Crippen LogP contribution in [0, 0.1) is 20.8 Å². The minimum absolute atomic E-state index is 0.131. The molecule has 2 aromatic carbocycles. The van der Waals surface area contributed by atoms with Crippen LogP contribution in [-0.4, -0.2) is 20.8 Å². The Kier molecular flexibility index (Phi) is 6.72. The van der Waals surface area contributed by atoms with E-state index in [1.807, 2.05) is 42.8 Å². The number of amides is 1. The second-order valence-electron chi connectivity index (χ2n) is 7.60. The van der Waals surface area contributed by atoms with Gasteiger partial charge in [0.25, 0.3) is 5.91 Å². The molecular formula is C24H22Cl2N4O3. The summed E-state index contributed by atoms with van der Waals surface area (Å²) >= 11 is 12.0. The van der Waals surface area contributed by atoms with E-state index in [1.165, 1.54) is 0 Å². The minimum Gasteiger partial charge on any atom is -0.489 e. The SMILES string of the molecule is Cc1nn(Cc2cccc(Cl)c2)c(C)c1NC(=O)c1noc(C)c1COc1ccc(Cl)cc1. The lowest BCUT2D eigenvalue weighted by molar-refractivity contribution is 0.101. The lowest BCUT2D eigenvalue weighted by atomic mass is 10.2. The van der Waals surface area contributed by atoms with Crippen molar-refractivity contribution in [3.63, 3.8) is 0 Å². The van der Waals surface area contributed by atoms with Crippen LogP contribution < -0.4 is 10.1 Å². The van der Waals surface area contributed by atoms with Gasteiger partial charge in [-0.1, -0.05) is 40.5 Å². The third kappa shape index (κ3) is 5.21. The summed E-state index contributed by atoms with van der Waals surface area (Å²) in [5.41, 5.74) is 3.90. The molecule has 0 aliphatic carbocycles. The second kappa shape index (κ2) is 9.68. The number of nitrogens with zero attached hydrogens (tertiary/aromatic N) is 3. The second-order valence-corrected chi connectivity index (χ2v) is 8.47. The Bertz CT molecular complexity index is 1300. The Hall–Kier alpha value is -3.29. The van der Waals surface area contributed by atoms with Gasteiger partial charge in [0.15, 0.2) is 5.69 Å². The molecule has 1 amide bonds. The number of aryl methyl sites for hydroxylation is 2. The molecule has 0 aliphatic rings. The molecule has 0 saturated heterocycles. The summed E-state index contributed by atoms with van der Waals surface area (Å²) in [4.78, 5) is 13.1. The highest BCUT2D eigenvalue weighted by Crippen LogP contribution is 2.24. The highest BCUT2D eigenvalue weighted by atomic mass is 35.5. The number of benzene rings is 2. The Morgan fingerprint density at radius 1 is 1.09 bits per heavy atom. The van der Waals surface area contributed by atoms with Crippen LogP contribution in [0.2, 0.25) is 10.0 Å². The molecule has 9 heteroatoms. The van der Waals surface area contributed by atoms with Crippen LogP contribution in [0.1, 0.15) is 38.8 Å². The number of carbonyl (C=O) groups excluding carboxylic acids is 1. The summed E-state index contributed by atoms with van der Waals surface area (Å²) in [6.07, 6.45) is 0. The van der Waals surface area contributed by atoms with E-state index < -0.39 is 5.91 Å². The van der Waals surface area contributed by atoms with Gasteiger partial charge in [0.1, 0.15) is 18.1 Å². The molecule has 0 saturated carbocycles. The molecule has 4 aromatic rings. The minimum atomic E-state index is -0.393. The van der Waals surface area contributed by atoms with E-state index in [0.717, 1.165) is 11.3 Å². The predicted molar refractivity (Wildman–Crippen MR) is 127 cm³/mol. The standard InChI is InChI=1S/C24H22Cl2N4O3/c1-14-22(15(2)30(28-14)12-17-5-4-6-19(26)11-17)27-24(31)23-21(16(3)33-29-23)13-32-20-9-7-18(25)8-10-20/h4-11H,12-13H2,1-3H3,(H,27,31). The van der Waals surface area contributed by atoms with E-state index >= 15 is 0 Å². The van der Waals surface area contributed by atoms with E-state index in [4.69, 9.17) is 32.5 Å². The van der Waals surface area contributed by atoms with Crippen LogP contribution in [0.25, 0.3) is 0 Å². The molecule has 0 fully saturated rings. The van der Waals surface area contributed by atoms with Crippen LogP contribution in [0.4, 0.5) is 5.69 Å². The molecule has 33 heavy (non-hydrogen) atoms. The van der Waals surface area contributed by atoms with Crippen LogP contribution in [0.15, 0.2) is 53.1 Å². The van der Waals surface area contributed by atoms with Crippen molar-refractivity contribution in [2.45, 2.75) is 33.9 Å². The van der Waals surface area contributed by atoms with E-state index in [1.54, 1.807) is 31.2 Å². The number of rotatable bonds is 7. The number of aromatic nitrogens is 3. The zero-order chi connectivity index (χ0) is 23.5. The smallest absolute Gasteiger partial charge is 0.278 e. The summed E-state index contributed by atoms with van der Waals surface area (Å²) in [6, 6.07) is 14.6. The molecule has 0 unspecified atom stereocenters. The lowest BCUT2D eigenvalue weighted by Crippen LogP contribution is -2.16. The quantitative estimate of drug-likeness (QED) is 0.348. The molecule has 4 rings (SSSR count). The maximum Gasteiger partial charge on any atom is 0.278 e. The summed E-state index contributed by atoms with van der Waals surface area (Å²) in [5.74, 6) is 0.745. The van der Waals surface area contributed by atoms with Gasteiger partial charge in [0, 0.05) is 10.0 Å². The number of hydrogen-bond donors (Lipinski definition) is 1. The zero-order valence-corrected chi connectivity index (χ0v) is 19.9. The van der Waals surface area contributed by atoms with Gasteiger partial charge in [-0.05, 0) is 62.7 Å². The Balaban J connectivity index is 1.51. The first-order chi connectivity index (χ1) is 15.8. The Morgan fingerprint density at radius 2 is 1.85 bits per heavy atom. The largest absolute Gasteiger partial charge is 0.489 e. The first-order valence-electron chi connectivity index (χ1n) is 10.2. The molecule has 0 aliphatic heterocycles. The average Bonchev–Trinajstić information content (AvgIpc) is 3.27. The van der Waals surface area contributed by atoms with E-state index in [9.17, 15) is 4.79 Å². The van der Waals surface area contributed by atoms with Gasteiger partial charge >= 0.3 is 0 Å². The molecule has 0 radical (unpaired) electrons. The molecular weight excluding hydrogens is 463 g/mol. The van der Waals surface area contributed by atoms with E-state index in [-0.39, 0.29) is 12.3 Å². The van der Waals surface area contributed by atoms with Crippen molar-refractivity contribution < 1.29 is 14.1 Å². The molecule has 170 valence electrons. The number of halogens is 2. The van der Waals surface area contributed by atoms with Gasteiger partial charge in [0.05, 0.1) is 29.2 Å². The van der Waals surface area contributed by atoms with Crippen LogP contribution in [0.3, 0.4) is 0 Å². The van der Waals surface area contributed by atoms with Crippen molar-refractivity contribution in [2.24, 2.45) is 0 Å². The lowest BCUT2D eigenvalue weighted by Gasteiger charge is -2.08. The van der Waals surface area contributed by atoms with Gasteiger partial charge in [-0.3, -0.25) is 9.48 Å². The predicted octanol–water partition coefficient (Wildman–Crippen LogP) is 5.98. The topological polar surface area (TPSA) is 82.2 Å². The fourth-order valence-corrected chi connectivity index (χ4v) is 3.78. The molecule has 0 spiro atoms. The van der Waals surface area contributed by atoms with Gasteiger partial charge in [-0.15, -0.1) is 0 Å². The maximum atomic E-state index is 13.1. The first kappa shape index (κ1) is 22.9. The van der Waals surface area contributed by atoms with Gasteiger partial charge in [-0.2, -0.15) is 5.10 Å². The van der Waals surface area contributed by atoms with Crippen molar-refractivity contribution in [3.8, 4) is 5.75 Å². The summed E-state index contributed by atoms with van der Waals surface area (Å²) in [5, 5.41) is 12.7. The van der Waals surface area contributed by atoms with Crippen molar-refractivity contribution >= 4 is 34.8 Å². The first-order valence-corrected chi connectivity index (χ1v) is 11.0. The molecule has 7 nitrogen and oxygen atoms in total. The molecule has 2 aromatic heterocycles. The highest BCUT2D eigenvalue weighted by Gasteiger charge is 2.23. The number of carbonyl (C=O) groups is 1. The molecule has 0 atom stereocenters. The van der Waals surface area contributed by atoms with Gasteiger partial charge in [0.2, 0.25) is 0 Å². The van der Waals surface area contributed by atoms with Crippen molar-refractivity contribution in [1.82, 2.24) is 14.9 Å². The number of ether oxygens (including phenoxy) is 1. The normalized spacial score (nSPS) is 10.9. The van der Waals surface area contributed by atoms with Crippen LogP contribution in [-0.2, 0) is 13.2 Å². The summed E-state index contributed by atoms with van der Waals surface area (Å²) in [7, 11) is 0. The third-order valence-corrected chi connectivity index (χ3v) is 5.73. The van der Waals surface area contributed by atoms with E-state index in [2.05, 4.69) is 15.6 Å². The van der Waals surface area contributed by atoms with Crippen LogP contribution >= 0.6 is 23.2 Å². The number of nitrogens with one attached hydrogen (secondary N) is 1. The number of hydrogen-bond acceptors (Lipinski definition) is 5. The van der Waals surface area contributed by atoms with E-state index in [0.29, 0.717) is 45.0 Å². The van der Waals surface area contributed by atoms with Crippen molar-refractivity contribution in [1.29, 1.82) is 0 Å². The zero-order valence-electron chi connectivity index (χ0n) is 18.4. The number of anilines is 1. The molecule has 1 N–H and O–H groups in total. The Labute approximate surface area is 201 Å². The van der Waals surface area contributed by atoms with Gasteiger partial charge in [-0.25, -0.2) is 0 Å². The third-order valence-electron chi connectivity index (χ3n) is 5.24. The molecule has 2 heterocycles. The highest BCUT2D eigenvalue weighted by molar-refractivity contribution is 6.30. The van der Waals surface area contributed by atoms with Gasteiger partial charge < -0.3 is 14.6 Å². The van der Waals surface area contributed by atoms with Crippen molar-refractivity contribution in [2.75, 3.05) is 5.32 Å². The fraction of sp³-hybridized carbons (Fsp3) is 0.208. The fourth-order valence-electron chi connectivity index (χ4n) is 3.44. The maximum absolute atomic E-state index is 13.1. The average molecular weight is 485 g/mol. The van der Waals surface area contributed by atoms with Crippen LogP contribution in [0.5, 0.6) is 5.75 Å². The summed E-state index contributed by atoms with van der Waals surface area (Å²) in [6.45, 7) is 6.15.